The summed E-state index contributed by atoms with van der Waals surface area (Å²) in [7, 11) is 0. The van der Waals surface area contributed by atoms with E-state index in [4.69, 9.17) is 9.84 Å². The highest BCUT2D eigenvalue weighted by molar-refractivity contribution is 5.94. The van der Waals surface area contributed by atoms with E-state index in [2.05, 4.69) is 18.3 Å². The van der Waals surface area contributed by atoms with Gasteiger partial charge in [-0.05, 0) is 55.3 Å². The van der Waals surface area contributed by atoms with Crippen molar-refractivity contribution in [3.8, 4) is 22.7 Å². The summed E-state index contributed by atoms with van der Waals surface area (Å²) >= 11 is 0. The average molecular weight is 488 g/mol. The molecule has 1 heterocycles. The van der Waals surface area contributed by atoms with E-state index in [-0.39, 0.29) is 5.91 Å². The number of hydrogen-bond donors (Lipinski definition) is 1. The Morgan fingerprint density at radius 3 is 2.38 bits per heavy atom. The van der Waals surface area contributed by atoms with Gasteiger partial charge in [-0.25, -0.2) is 4.68 Å². The molecule has 1 amide bonds. The highest BCUT2D eigenvalue weighted by Gasteiger charge is 2.14. The van der Waals surface area contributed by atoms with Crippen LogP contribution in [0.4, 0.5) is 0 Å². The second-order valence-electron chi connectivity index (χ2n) is 9.09. The Kier molecular flexibility index (Phi) is 7.13. The number of aryl methyl sites for hydroxylation is 2. The van der Waals surface area contributed by atoms with Crippen molar-refractivity contribution in [1.82, 2.24) is 15.1 Å². The zero-order valence-corrected chi connectivity index (χ0v) is 21.0. The number of carbonyl (C=O) groups is 1. The van der Waals surface area contributed by atoms with Crippen LogP contribution >= 0.6 is 0 Å². The van der Waals surface area contributed by atoms with Gasteiger partial charge in [0.1, 0.15) is 12.4 Å². The predicted molar refractivity (Wildman–Crippen MR) is 147 cm³/mol. The number of carbonyl (C=O) groups excluding carboxylic acids is 1. The van der Waals surface area contributed by atoms with E-state index in [9.17, 15) is 4.79 Å². The van der Waals surface area contributed by atoms with Gasteiger partial charge >= 0.3 is 0 Å². The molecule has 0 fully saturated rings. The first kappa shape index (κ1) is 24.1. The number of nitrogens with zero attached hydrogens (tertiary/aromatic N) is 2. The first-order valence-corrected chi connectivity index (χ1v) is 12.3. The van der Waals surface area contributed by atoms with Crippen molar-refractivity contribution >= 4 is 5.91 Å². The number of nitrogens with one attached hydrogen (secondary N) is 1. The first-order valence-electron chi connectivity index (χ1n) is 12.3. The van der Waals surface area contributed by atoms with Crippen molar-refractivity contribution in [2.24, 2.45) is 0 Å². The van der Waals surface area contributed by atoms with Crippen LogP contribution in [-0.4, -0.2) is 15.7 Å². The molecule has 0 saturated carbocycles. The summed E-state index contributed by atoms with van der Waals surface area (Å²) in [6.45, 7) is 4.86. The summed E-state index contributed by atoms with van der Waals surface area (Å²) in [5.74, 6) is 0.712. The summed E-state index contributed by atoms with van der Waals surface area (Å²) in [6, 6.07) is 33.7. The van der Waals surface area contributed by atoms with Crippen molar-refractivity contribution in [3.63, 3.8) is 0 Å². The Bertz CT molecular complexity index is 1510. The molecule has 5 aromatic rings. The van der Waals surface area contributed by atoms with E-state index >= 15 is 0 Å². The van der Waals surface area contributed by atoms with Gasteiger partial charge in [-0.1, -0.05) is 78.4 Å². The smallest absolute Gasteiger partial charge is 0.251 e. The summed E-state index contributed by atoms with van der Waals surface area (Å²) in [5, 5.41) is 7.90. The van der Waals surface area contributed by atoms with Crippen LogP contribution in [0.1, 0.15) is 32.6 Å². The molecule has 0 spiro atoms. The zero-order chi connectivity index (χ0) is 25.6. The molecule has 5 nitrogen and oxygen atoms in total. The molecule has 0 aliphatic carbocycles. The fraction of sp³-hybridized carbons (Fsp3) is 0.125. The van der Waals surface area contributed by atoms with E-state index in [1.165, 1.54) is 5.56 Å². The van der Waals surface area contributed by atoms with E-state index in [1.807, 2.05) is 115 Å². The van der Waals surface area contributed by atoms with Gasteiger partial charge in [0.15, 0.2) is 0 Å². The standard InChI is InChI=1S/C32H29N3O2/c1-23-16-17-30(24(2)18-23)37-22-25-10-9-13-27(19-25)32(36)33-20-28-21-35(29-14-7-4-8-15-29)34-31(28)26-11-5-3-6-12-26/h3-19,21H,20,22H2,1-2H3,(H,33,36). The average Bonchev–Trinajstić information content (AvgIpc) is 3.37. The van der Waals surface area contributed by atoms with Gasteiger partial charge in [0.2, 0.25) is 0 Å². The van der Waals surface area contributed by atoms with Gasteiger partial charge in [-0.3, -0.25) is 4.79 Å². The molecular weight excluding hydrogens is 458 g/mol. The number of aromatic nitrogens is 2. The van der Waals surface area contributed by atoms with Crippen LogP contribution in [0.2, 0.25) is 0 Å². The number of para-hydroxylation sites is 1. The van der Waals surface area contributed by atoms with E-state index in [1.54, 1.807) is 0 Å². The molecule has 0 aliphatic heterocycles. The van der Waals surface area contributed by atoms with Crippen molar-refractivity contribution in [1.29, 1.82) is 0 Å². The molecule has 0 radical (unpaired) electrons. The molecule has 0 unspecified atom stereocenters. The van der Waals surface area contributed by atoms with Crippen molar-refractivity contribution in [3.05, 3.63) is 137 Å². The highest BCUT2D eigenvalue weighted by Crippen LogP contribution is 2.24. The molecule has 1 aromatic heterocycles. The van der Waals surface area contributed by atoms with Gasteiger partial charge in [-0.2, -0.15) is 5.10 Å². The molecule has 184 valence electrons. The molecule has 0 atom stereocenters. The quantitative estimate of drug-likeness (QED) is 0.266. The number of amides is 1. The van der Waals surface area contributed by atoms with Crippen molar-refractivity contribution < 1.29 is 9.53 Å². The fourth-order valence-corrected chi connectivity index (χ4v) is 4.29. The lowest BCUT2D eigenvalue weighted by atomic mass is 10.1. The summed E-state index contributed by atoms with van der Waals surface area (Å²) in [5.41, 5.74) is 7.60. The Labute approximate surface area is 217 Å². The minimum Gasteiger partial charge on any atom is -0.489 e. The third-order valence-electron chi connectivity index (χ3n) is 6.21. The molecule has 0 bridgehead atoms. The Morgan fingerprint density at radius 1 is 0.865 bits per heavy atom. The van der Waals surface area contributed by atoms with E-state index in [0.29, 0.717) is 18.7 Å². The largest absolute Gasteiger partial charge is 0.489 e. The summed E-state index contributed by atoms with van der Waals surface area (Å²) in [4.78, 5) is 13.1. The monoisotopic (exact) mass is 487 g/mol. The molecule has 37 heavy (non-hydrogen) atoms. The Balaban J connectivity index is 1.31. The third kappa shape index (κ3) is 5.78. The first-order chi connectivity index (χ1) is 18.1. The SMILES string of the molecule is Cc1ccc(OCc2cccc(C(=O)NCc3cn(-c4ccccc4)nc3-c3ccccc3)c2)c(C)c1. The predicted octanol–water partition coefficient (Wildman–Crippen LogP) is 6.67. The normalized spacial score (nSPS) is 10.8. The third-order valence-corrected chi connectivity index (χ3v) is 6.21. The lowest BCUT2D eigenvalue weighted by Gasteiger charge is -2.11. The summed E-state index contributed by atoms with van der Waals surface area (Å²) < 4.78 is 7.86. The van der Waals surface area contributed by atoms with Crippen LogP contribution in [-0.2, 0) is 13.2 Å². The second-order valence-corrected chi connectivity index (χ2v) is 9.09. The highest BCUT2D eigenvalue weighted by atomic mass is 16.5. The lowest BCUT2D eigenvalue weighted by Crippen LogP contribution is -2.23. The van der Waals surface area contributed by atoms with Crippen molar-refractivity contribution in [2.75, 3.05) is 0 Å². The Hall–Kier alpha value is -4.64. The molecule has 4 aromatic carbocycles. The molecule has 5 heteroatoms. The minimum atomic E-state index is -0.139. The number of ether oxygens (including phenoxy) is 1. The van der Waals surface area contributed by atoms with Crippen LogP contribution in [0.5, 0.6) is 5.75 Å². The van der Waals surface area contributed by atoms with Crippen LogP contribution < -0.4 is 10.1 Å². The van der Waals surface area contributed by atoms with Crippen LogP contribution in [0, 0.1) is 13.8 Å². The fourth-order valence-electron chi connectivity index (χ4n) is 4.29. The number of hydrogen-bond acceptors (Lipinski definition) is 3. The molecule has 0 aliphatic rings. The van der Waals surface area contributed by atoms with Crippen molar-refractivity contribution in [2.45, 2.75) is 27.0 Å². The van der Waals surface area contributed by atoms with Gasteiger partial charge in [0.05, 0.1) is 11.4 Å². The van der Waals surface area contributed by atoms with E-state index < -0.39 is 0 Å². The minimum absolute atomic E-state index is 0.139. The van der Waals surface area contributed by atoms with E-state index in [0.717, 1.165) is 39.4 Å². The maximum Gasteiger partial charge on any atom is 0.251 e. The number of rotatable bonds is 8. The second kappa shape index (κ2) is 11.0. The lowest BCUT2D eigenvalue weighted by molar-refractivity contribution is 0.0951. The molecular formula is C32H29N3O2. The maximum atomic E-state index is 13.1. The van der Waals surface area contributed by atoms with Crippen LogP contribution in [0.3, 0.4) is 0 Å². The maximum absolute atomic E-state index is 13.1. The topological polar surface area (TPSA) is 56.1 Å². The summed E-state index contributed by atoms with van der Waals surface area (Å²) in [6.07, 6.45) is 1.98. The van der Waals surface area contributed by atoms with Crippen LogP contribution in [0.25, 0.3) is 16.9 Å². The molecule has 1 N–H and O–H groups in total. The zero-order valence-electron chi connectivity index (χ0n) is 21.0. The Morgan fingerprint density at radius 2 is 1.62 bits per heavy atom. The van der Waals surface area contributed by atoms with Gasteiger partial charge in [0.25, 0.3) is 5.91 Å². The van der Waals surface area contributed by atoms with Gasteiger partial charge < -0.3 is 10.1 Å². The molecule has 5 rings (SSSR count). The van der Waals surface area contributed by atoms with Crippen LogP contribution in [0.15, 0.2) is 109 Å². The number of benzene rings is 4. The molecule has 0 saturated heterocycles. The van der Waals surface area contributed by atoms with Gasteiger partial charge in [0, 0.05) is 29.4 Å². The van der Waals surface area contributed by atoms with Gasteiger partial charge in [-0.15, -0.1) is 0 Å².